The zero-order valence-corrected chi connectivity index (χ0v) is 19.9. The molecule has 0 aromatic carbocycles. The minimum Gasteiger partial charge on any atom is -0.456 e. The molecule has 0 saturated carbocycles. The topological polar surface area (TPSA) is 35.5 Å². The summed E-state index contributed by atoms with van der Waals surface area (Å²) in [5, 5.41) is 0. The van der Waals surface area contributed by atoms with Crippen LogP contribution in [-0.4, -0.2) is 74.9 Å². The average molecular weight is 602 g/mol. The maximum Gasteiger partial charge on any atom is 0.385 e. The monoisotopic (exact) mass is 602 g/mol. The molecule has 0 radical (unpaired) electrons. The van der Waals surface area contributed by atoms with Crippen molar-refractivity contribution in [3.8, 4) is 0 Å². The van der Waals surface area contributed by atoms with Gasteiger partial charge in [0, 0.05) is 5.57 Å². The van der Waals surface area contributed by atoms with Crippen molar-refractivity contribution in [2.45, 2.75) is 73.9 Å². The molecule has 20 heteroatoms. The summed E-state index contributed by atoms with van der Waals surface area (Å²) >= 11 is 0. The molecule has 220 valence electrons. The van der Waals surface area contributed by atoms with Crippen LogP contribution in [0.2, 0.25) is 19.6 Å². The number of rotatable bonds is 13. The quantitative estimate of drug-likeness (QED) is 0.0983. The van der Waals surface area contributed by atoms with E-state index in [0.29, 0.717) is 6.92 Å². The van der Waals surface area contributed by atoms with Crippen LogP contribution in [0.3, 0.4) is 0 Å². The van der Waals surface area contributed by atoms with Crippen LogP contribution in [0.15, 0.2) is 12.2 Å². The third kappa shape index (κ3) is 5.82. The minimum absolute atomic E-state index is 0.689. The fourth-order valence-corrected chi connectivity index (χ4v) is 2.63. The third-order valence-corrected chi connectivity index (χ3v) is 5.32. The fraction of sp³-hybridized carbons (Fsp3) is 0.824. The second-order valence-electron chi connectivity index (χ2n) is 8.61. The van der Waals surface area contributed by atoms with Gasteiger partial charge in [-0.05, 0) is 26.6 Å². The first-order valence-electron chi connectivity index (χ1n) is 9.27. The van der Waals surface area contributed by atoms with Crippen molar-refractivity contribution in [2.75, 3.05) is 13.2 Å². The Balaban J connectivity index is 6.59. The molecule has 3 nitrogen and oxygen atoms in total. The number of esters is 1. The Morgan fingerprint density at radius 3 is 1.14 bits per heavy atom. The van der Waals surface area contributed by atoms with E-state index in [0.717, 1.165) is 19.6 Å². The molecule has 37 heavy (non-hydrogen) atoms. The van der Waals surface area contributed by atoms with Crippen molar-refractivity contribution >= 4 is 14.3 Å². The molecule has 0 amide bonds. The lowest BCUT2D eigenvalue weighted by Crippen LogP contribution is -2.75. The van der Waals surface area contributed by atoms with E-state index >= 15 is 0 Å². The lowest BCUT2D eigenvalue weighted by atomic mass is 9.88. The lowest BCUT2D eigenvalue weighted by Gasteiger charge is -2.43. The van der Waals surface area contributed by atoms with Crippen LogP contribution >= 0.6 is 0 Å². The SMILES string of the molecule is C=C(C)C(=O)OCC(F)(F)C(F)(F)C(F)(F)C(F)(F)C(F)(F)C(F)(F)C(F)(F)C(F)(F)CO[Si](C)(C)C. The van der Waals surface area contributed by atoms with Gasteiger partial charge in [0.05, 0.1) is 0 Å². The average Bonchev–Trinajstić information content (AvgIpc) is 2.68. The van der Waals surface area contributed by atoms with Gasteiger partial charge in [-0.2, -0.15) is 70.2 Å². The van der Waals surface area contributed by atoms with Crippen molar-refractivity contribution in [3.63, 3.8) is 0 Å². The summed E-state index contributed by atoms with van der Waals surface area (Å²) in [5.74, 6) is -64.4. The van der Waals surface area contributed by atoms with Crippen LogP contribution in [0.4, 0.5) is 70.2 Å². The minimum atomic E-state index is -8.55. The van der Waals surface area contributed by atoms with Gasteiger partial charge in [-0.3, -0.25) is 0 Å². The molecule has 0 unspecified atom stereocenters. The van der Waals surface area contributed by atoms with E-state index in [1.807, 2.05) is 0 Å². The number of alkyl halides is 16. The Labute approximate surface area is 198 Å². The van der Waals surface area contributed by atoms with Gasteiger partial charge in [0.15, 0.2) is 14.9 Å². The van der Waals surface area contributed by atoms with Gasteiger partial charge in [-0.25, -0.2) is 4.79 Å². The van der Waals surface area contributed by atoms with Crippen LogP contribution < -0.4 is 0 Å². The Kier molecular flexibility index (Phi) is 9.32. The molecule has 0 rings (SSSR count). The van der Waals surface area contributed by atoms with Crippen molar-refractivity contribution in [2.24, 2.45) is 0 Å². The Bertz CT molecular complexity index is 863. The van der Waals surface area contributed by atoms with Gasteiger partial charge < -0.3 is 9.16 Å². The van der Waals surface area contributed by atoms with Crippen LogP contribution in [0.5, 0.6) is 0 Å². The maximum atomic E-state index is 13.8. The van der Waals surface area contributed by atoms with Crippen molar-refractivity contribution in [1.82, 2.24) is 0 Å². The number of halogens is 16. The van der Waals surface area contributed by atoms with Crippen LogP contribution in [-0.2, 0) is 14.0 Å². The van der Waals surface area contributed by atoms with E-state index in [4.69, 9.17) is 0 Å². The summed E-state index contributed by atoms with van der Waals surface area (Å²) in [6.45, 7) is 0.319. The van der Waals surface area contributed by atoms with Crippen LogP contribution in [0.1, 0.15) is 6.92 Å². The zero-order chi connectivity index (χ0) is 30.5. The number of carbonyl (C=O) groups is 1. The summed E-state index contributed by atoms with van der Waals surface area (Å²) in [6.07, 6.45) is 0. The summed E-state index contributed by atoms with van der Waals surface area (Å²) in [5.41, 5.74) is -0.844. The summed E-state index contributed by atoms with van der Waals surface area (Å²) < 4.78 is 227. The van der Waals surface area contributed by atoms with Gasteiger partial charge >= 0.3 is 53.3 Å². The number of ether oxygens (including phenoxy) is 1. The first kappa shape index (κ1) is 35.3. The van der Waals surface area contributed by atoms with Gasteiger partial charge in [-0.15, -0.1) is 0 Å². The van der Waals surface area contributed by atoms with Gasteiger partial charge in [0.1, 0.15) is 6.61 Å². The van der Waals surface area contributed by atoms with Crippen LogP contribution in [0.25, 0.3) is 0 Å². The van der Waals surface area contributed by atoms with E-state index in [2.05, 4.69) is 15.7 Å². The molecular weight excluding hydrogens is 584 g/mol. The van der Waals surface area contributed by atoms with E-state index in [9.17, 15) is 75.0 Å². The summed E-state index contributed by atoms with van der Waals surface area (Å²) in [7, 11) is -3.32. The standard InChI is InChI=1S/C17H18F16O3Si/c1-8(2)9(34)35-6-10(18,19)12(22,23)14(26,27)16(30,31)17(32,33)15(28,29)13(24,25)11(20,21)7-36-37(3,4)5/h1,6-7H2,2-5H3. The first-order chi connectivity index (χ1) is 15.8. The lowest BCUT2D eigenvalue weighted by molar-refractivity contribution is -0.454. The van der Waals surface area contributed by atoms with Gasteiger partial charge in [0.2, 0.25) is 0 Å². The molecule has 0 saturated heterocycles. The Morgan fingerprint density at radius 1 is 0.595 bits per heavy atom. The highest BCUT2D eigenvalue weighted by Gasteiger charge is 2.94. The summed E-state index contributed by atoms with van der Waals surface area (Å²) in [4.78, 5) is 11.0. The van der Waals surface area contributed by atoms with E-state index in [1.54, 1.807) is 0 Å². The maximum absolute atomic E-state index is 13.8. The predicted molar refractivity (Wildman–Crippen MR) is 94.6 cm³/mol. The normalized spacial score (nSPS) is 15.6. The second-order valence-corrected chi connectivity index (χ2v) is 13.1. The smallest absolute Gasteiger partial charge is 0.385 e. The molecular formula is C17H18F16O3Si. The Hall–Kier alpha value is -1.73. The molecule has 0 aliphatic rings. The molecule has 0 fully saturated rings. The van der Waals surface area contributed by atoms with Gasteiger partial charge in [0.25, 0.3) is 0 Å². The number of carbonyl (C=O) groups excluding carboxylic acids is 1. The molecule has 0 spiro atoms. The van der Waals surface area contributed by atoms with Crippen molar-refractivity contribution in [3.05, 3.63) is 12.2 Å². The van der Waals surface area contributed by atoms with Crippen molar-refractivity contribution < 1.29 is 84.2 Å². The van der Waals surface area contributed by atoms with Gasteiger partial charge in [-0.1, -0.05) is 6.58 Å². The second kappa shape index (κ2) is 9.78. The molecule has 0 aliphatic heterocycles. The van der Waals surface area contributed by atoms with Crippen molar-refractivity contribution in [1.29, 1.82) is 0 Å². The molecule has 0 atom stereocenters. The highest BCUT2D eigenvalue weighted by molar-refractivity contribution is 6.69. The predicted octanol–water partition coefficient (Wildman–Crippen LogP) is 7.04. The number of hydrogen-bond donors (Lipinski definition) is 0. The molecule has 0 aliphatic carbocycles. The highest BCUT2D eigenvalue weighted by Crippen LogP contribution is 2.63. The third-order valence-electron chi connectivity index (χ3n) is 4.31. The molecule has 0 N–H and O–H groups in total. The van der Waals surface area contributed by atoms with E-state index in [1.165, 1.54) is 0 Å². The molecule has 0 heterocycles. The van der Waals surface area contributed by atoms with Crippen LogP contribution in [0, 0.1) is 0 Å². The molecule has 0 aromatic rings. The highest BCUT2D eigenvalue weighted by atomic mass is 28.4. The zero-order valence-electron chi connectivity index (χ0n) is 18.9. The number of hydrogen-bond acceptors (Lipinski definition) is 3. The van der Waals surface area contributed by atoms with E-state index < -0.39 is 80.5 Å². The molecule has 0 bridgehead atoms. The largest absolute Gasteiger partial charge is 0.456 e. The fourth-order valence-electron chi connectivity index (χ4n) is 2.02. The Morgan fingerprint density at radius 2 is 0.865 bits per heavy atom. The summed E-state index contributed by atoms with van der Waals surface area (Å²) in [6, 6.07) is 0. The first-order valence-corrected chi connectivity index (χ1v) is 12.7. The van der Waals surface area contributed by atoms with E-state index in [-0.39, 0.29) is 0 Å². The molecule has 0 aromatic heterocycles.